The van der Waals surface area contributed by atoms with Crippen molar-refractivity contribution in [1.82, 2.24) is 14.8 Å². The van der Waals surface area contributed by atoms with Crippen molar-refractivity contribution in [3.05, 3.63) is 48.3 Å². The first-order valence-electron chi connectivity index (χ1n) is 9.05. The van der Waals surface area contributed by atoms with Crippen molar-refractivity contribution < 1.29 is 13.2 Å². The van der Waals surface area contributed by atoms with Crippen molar-refractivity contribution >= 4 is 33.2 Å². The number of anilines is 1. The van der Waals surface area contributed by atoms with Crippen LogP contribution in [0.1, 0.15) is 30.7 Å². The second-order valence-corrected chi connectivity index (χ2v) is 10.3. The molecule has 0 aliphatic carbocycles. The first-order valence-corrected chi connectivity index (χ1v) is 11.7. The van der Waals surface area contributed by atoms with Crippen molar-refractivity contribution in [3.63, 3.8) is 0 Å². The summed E-state index contributed by atoms with van der Waals surface area (Å²) in [6, 6.07) is 8.72. The lowest BCUT2D eigenvalue weighted by Crippen LogP contribution is -2.23. The number of benzene rings is 1. The lowest BCUT2D eigenvalue weighted by molar-refractivity contribution is -0.115. The summed E-state index contributed by atoms with van der Waals surface area (Å²) in [5, 5.41) is 20.2. The maximum atomic E-state index is 12.6. The summed E-state index contributed by atoms with van der Waals surface area (Å²) in [4.78, 5) is 12.6. The van der Waals surface area contributed by atoms with Gasteiger partial charge in [-0.3, -0.25) is 4.79 Å². The summed E-state index contributed by atoms with van der Waals surface area (Å²) in [5.74, 6) is 0.408. The molecule has 1 N–H and O–H groups in total. The topological polar surface area (TPSA) is 118 Å². The normalized spacial score (nSPS) is 18.7. The number of allylic oxidation sites excluding steroid dienone is 1. The summed E-state index contributed by atoms with van der Waals surface area (Å²) in [6.07, 6.45) is 2.21. The number of carbonyl (C=O) groups excluding carboxylic acids is 1. The molecule has 8 nitrogen and oxygen atoms in total. The third-order valence-electron chi connectivity index (χ3n) is 4.57. The SMILES string of the molecule is C=CCn1c(SC(C)C(=O)Nc2cccc(C#N)c2)nnc1C1CCS(=O)(=O)C1. The van der Waals surface area contributed by atoms with Gasteiger partial charge in [-0.15, -0.1) is 16.8 Å². The monoisotopic (exact) mass is 431 g/mol. The molecule has 3 rings (SSSR count). The van der Waals surface area contributed by atoms with E-state index >= 15 is 0 Å². The molecule has 1 aliphatic heterocycles. The zero-order valence-electron chi connectivity index (χ0n) is 15.9. The number of sulfone groups is 1. The lowest BCUT2D eigenvalue weighted by Gasteiger charge is -2.14. The van der Waals surface area contributed by atoms with E-state index in [1.807, 2.05) is 10.6 Å². The number of aromatic nitrogens is 3. The van der Waals surface area contributed by atoms with E-state index < -0.39 is 15.1 Å². The highest BCUT2D eigenvalue weighted by atomic mass is 32.2. The van der Waals surface area contributed by atoms with Crippen LogP contribution >= 0.6 is 11.8 Å². The molecule has 10 heteroatoms. The molecule has 2 atom stereocenters. The van der Waals surface area contributed by atoms with Gasteiger partial charge < -0.3 is 9.88 Å². The van der Waals surface area contributed by atoms with Gasteiger partial charge in [-0.1, -0.05) is 23.9 Å². The first-order chi connectivity index (χ1) is 13.8. The molecular formula is C19H21N5O3S2. The van der Waals surface area contributed by atoms with Crippen molar-refractivity contribution in [2.45, 2.75) is 36.2 Å². The van der Waals surface area contributed by atoms with E-state index in [0.29, 0.717) is 35.2 Å². The first kappa shape index (κ1) is 21.1. The third-order valence-corrected chi connectivity index (χ3v) is 7.41. The summed E-state index contributed by atoms with van der Waals surface area (Å²) in [6.45, 7) is 5.93. The van der Waals surface area contributed by atoms with Crippen LogP contribution in [0, 0.1) is 11.3 Å². The number of carbonyl (C=O) groups is 1. The van der Waals surface area contributed by atoms with Crippen molar-refractivity contribution in [2.24, 2.45) is 0 Å². The van der Waals surface area contributed by atoms with Crippen molar-refractivity contribution in [2.75, 3.05) is 16.8 Å². The predicted molar refractivity (Wildman–Crippen MR) is 111 cm³/mol. The molecule has 2 unspecified atom stereocenters. The van der Waals surface area contributed by atoms with E-state index in [1.165, 1.54) is 11.8 Å². The van der Waals surface area contributed by atoms with E-state index in [1.54, 1.807) is 37.3 Å². The Morgan fingerprint density at radius 2 is 2.31 bits per heavy atom. The van der Waals surface area contributed by atoms with Gasteiger partial charge in [0.2, 0.25) is 5.91 Å². The molecule has 152 valence electrons. The maximum Gasteiger partial charge on any atom is 0.237 e. The number of rotatable bonds is 7. The molecule has 2 heterocycles. The fourth-order valence-corrected chi connectivity index (χ4v) is 5.72. The van der Waals surface area contributed by atoms with Crippen LogP contribution in [0.25, 0.3) is 0 Å². The molecular weight excluding hydrogens is 410 g/mol. The number of hydrogen-bond donors (Lipinski definition) is 1. The Kier molecular flexibility index (Phi) is 6.39. The van der Waals surface area contributed by atoms with E-state index in [2.05, 4.69) is 22.1 Å². The van der Waals surface area contributed by atoms with Gasteiger partial charge in [-0.05, 0) is 31.5 Å². The second-order valence-electron chi connectivity index (χ2n) is 6.78. The lowest BCUT2D eigenvalue weighted by atomic mass is 10.1. The van der Waals surface area contributed by atoms with Crippen LogP contribution in [-0.2, 0) is 21.2 Å². The molecule has 1 aromatic heterocycles. The quantitative estimate of drug-likeness (QED) is 0.528. The molecule has 1 fully saturated rings. The van der Waals surface area contributed by atoms with Gasteiger partial charge in [-0.25, -0.2) is 8.42 Å². The van der Waals surface area contributed by atoms with E-state index in [4.69, 9.17) is 5.26 Å². The molecule has 0 radical (unpaired) electrons. The van der Waals surface area contributed by atoms with Crippen LogP contribution < -0.4 is 5.32 Å². The zero-order chi connectivity index (χ0) is 21.0. The van der Waals surface area contributed by atoms with Gasteiger partial charge in [-0.2, -0.15) is 5.26 Å². The molecule has 1 saturated heterocycles. The van der Waals surface area contributed by atoms with Gasteiger partial charge in [0.25, 0.3) is 0 Å². The third kappa shape index (κ3) is 5.05. The van der Waals surface area contributed by atoms with Crippen LogP contribution in [-0.4, -0.2) is 45.8 Å². The van der Waals surface area contributed by atoms with Crippen molar-refractivity contribution in [1.29, 1.82) is 5.26 Å². The van der Waals surface area contributed by atoms with Crippen LogP contribution in [0.4, 0.5) is 5.69 Å². The van der Waals surface area contributed by atoms with Crippen LogP contribution in [0.15, 0.2) is 42.1 Å². The minimum Gasteiger partial charge on any atom is -0.325 e. The Balaban J connectivity index is 1.74. The zero-order valence-corrected chi connectivity index (χ0v) is 17.5. The Morgan fingerprint density at radius 1 is 1.52 bits per heavy atom. The summed E-state index contributed by atoms with van der Waals surface area (Å²) in [7, 11) is -3.04. The molecule has 1 amide bonds. The average molecular weight is 432 g/mol. The summed E-state index contributed by atoms with van der Waals surface area (Å²) in [5.41, 5.74) is 1.01. The molecule has 0 bridgehead atoms. The predicted octanol–water partition coefficient (Wildman–Crippen LogP) is 2.36. The van der Waals surface area contributed by atoms with Gasteiger partial charge in [0.05, 0.1) is 28.4 Å². The molecule has 0 saturated carbocycles. The largest absolute Gasteiger partial charge is 0.325 e. The Hall–Kier alpha value is -2.64. The number of nitrogens with one attached hydrogen (secondary N) is 1. The maximum absolute atomic E-state index is 12.6. The van der Waals surface area contributed by atoms with Gasteiger partial charge in [0.15, 0.2) is 15.0 Å². The standard InChI is InChI=1S/C19H21N5O3S2/c1-3-8-24-17(15-7-9-29(26,27)12-15)22-23-19(24)28-13(2)18(25)21-16-6-4-5-14(10-16)11-20/h3-6,10,13,15H,1,7-9,12H2,2H3,(H,21,25). The van der Waals surface area contributed by atoms with Gasteiger partial charge >= 0.3 is 0 Å². The van der Waals surface area contributed by atoms with E-state index in [9.17, 15) is 13.2 Å². The Bertz CT molecular complexity index is 1070. The number of hydrogen-bond acceptors (Lipinski definition) is 7. The number of nitrogens with zero attached hydrogens (tertiary/aromatic N) is 4. The highest BCUT2D eigenvalue weighted by Gasteiger charge is 2.33. The number of amides is 1. The molecule has 1 aromatic carbocycles. The minimum atomic E-state index is -3.04. The Labute approximate surface area is 173 Å². The average Bonchev–Trinajstić information content (AvgIpc) is 3.25. The number of thioether (sulfide) groups is 1. The molecule has 0 spiro atoms. The molecule has 1 aliphatic rings. The van der Waals surface area contributed by atoms with Gasteiger partial charge in [0.1, 0.15) is 5.82 Å². The van der Waals surface area contributed by atoms with Gasteiger partial charge in [0, 0.05) is 18.2 Å². The van der Waals surface area contributed by atoms with Crippen LogP contribution in [0.2, 0.25) is 0 Å². The van der Waals surface area contributed by atoms with E-state index in [-0.39, 0.29) is 23.3 Å². The van der Waals surface area contributed by atoms with E-state index in [0.717, 1.165) is 0 Å². The Morgan fingerprint density at radius 3 is 2.97 bits per heavy atom. The number of nitriles is 1. The van der Waals surface area contributed by atoms with Crippen LogP contribution in [0.5, 0.6) is 0 Å². The van der Waals surface area contributed by atoms with Crippen LogP contribution in [0.3, 0.4) is 0 Å². The highest BCUT2D eigenvalue weighted by molar-refractivity contribution is 8.00. The molecule has 29 heavy (non-hydrogen) atoms. The smallest absolute Gasteiger partial charge is 0.237 e. The fraction of sp³-hybridized carbons (Fsp3) is 0.368. The summed E-state index contributed by atoms with van der Waals surface area (Å²) >= 11 is 1.24. The highest BCUT2D eigenvalue weighted by Crippen LogP contribution is 2.31. The molecule has 2 aromatic rings. The fourth-order valence-electron chi connectivity index (χ4n) is 3.11. The van der Waals surface area contributed by atoms with Crippen molar-refractivity contribution in [3.8, 4) is 6.07 Å². The summed E-state index contributed by atoms with van der Waals surface area (Å²) < 4.78 is 25.5. The second kappa shape index (κ2) is 8.80. The minimum absolute atomic E-state index is 0.0677.